The molecule has 0 saturated heterocycles. The van der Waals surface area contributed by atoms with Crippen molar-refractivity contribution in [2.24, 2.45) is 0 Å². The first-order valence-electron chi connectivity index (χ1n) is 7.65. The number of aliphatic hydroxyl groups is 2. The van der Waals surface area contributed by atoms with Gasteiger partial charge >= 0.3 is 0 Å². The van der Waals surface area contributed by atoms with E-state index in [9.17, 15) is 14.7 Å². The molecule has 2 atom stereocenters. The van der Waals surface area contributed by atoms with E-state index in [1.54, 1.807) is 4.57 Å². The maximum absolute atomic E-state index is 12.5. The Morgan fingerprint density at radius 1 is 1.43 bits per heavy atom. The van der Waals surface area contributed by atoms with Gasteiger partial charge in [-0.3, -0.25) is 9.59 Å². The molecule has 1 aliphatic heterocycles. The zero-order chi connectivity index (χ0) is 16.1. The molecule has 122 valence electrons. The molecule has 4 rings (SSSR count). The largest absolute Gasteiger partial charge is 0.394 e. The Labute approximate surface area is 131 Å². The molecule has 0 aromatic carbocycles. The van der Waals surface area contributed by atoms with E-state index >= 15 is 0 Å². The number of ketones is 2. The van der Waals surface area contributed by atoms with E-state index < -0.39 is 18.8 Å². The number of Topliss-reactive ketones (excluding diaryl/α,β-unsaturated/α-hetero) is 1. The monoisotopic (exact) mass is 319 g/mol. The number of allylic oxidation sites excluding steroid dienone is 2. The summed E-state index contributed by atoms with van der Waals surface area (Å²) in [4.78, 5) is 29.2. The van der Waals surface area contributed by atoms with Crippen molar-refractivity contribution in [3.63, 3.8) is 0 Å². The van der Waals surface area contributed by atoms with Gasteiger partial charge in [0.1, 0.15) is 36.0 Å². The third-order valence-electron chi connectivity index (χ3n) is 4.36. The molecule has 2 heterocycles. The van der Waals surface area contributed by atoms with E-state index in [0.717, 1.165) is 12.8 Å². The second kappa shape index (κ2) is 5.26. The fraction of sp³-hybridized carbons (Fsp3) is 0.533. The van der Waals surface area contributed by atoms with Crippen molar-refractivity contribution in [3.8, 4) is 0 Å². The predicted octanol–water partition coefficient (Wildman–Crippen LogP) is -0.850. The number of fused-ring (bicyclic) bond motifs is 3. The van der Waals surface area contributed by atoms with Gasteiger partial charge in [0.15, 0.2) is 0 Å². The van der Waals surface area contributed by atoms with Crippen LogP contribution in [0.5, 0.6) is 0 Å². The van der Waals surface area contributed by atoms with E-state index in [4.69, 9.17) is 9.84 Å². The summed E-state index contributed by atoms with van der Waals surface area (Å²) in [5, 5.41) is 21.8. The number of nitrogens with zero attached hydrogens (tertiary/aromatic N) is 2. The molecule has 23 heavy (non-hydrogen) atoms. The molecular weight excluding hydrogens is 302 g/mol. The van der Waals surface area contributed by atoms with E-state index in [2.05, 4.69) is 10.3 Å². The van der Waals surface area contributed by atoms with Crippen LogP contribution in [-0.2, 0) is 17.9 Å². The average Bonchev–Trinajstić information content (AvgIpc) is 3.28. The fourth-order valence-corrected chi connectivity index (χ4v) is 2.93. The third kappa shape index (κ3) is 2.39. The molecular formula is C15H17N3O5. The Hall–Kier alpha value is -2.03. The van der Waals surface area contributed by atoms with E-state index in [1.165, 1.54) is 6.08 Å². The van der Waals surface area contributed by atoms with Crippen molar-refractivity contribution in [2.45, 2.75) is 44.2 Å². The van der Waals surface area contributed by atoms with Crippen molar-refractivity contribution < 1.29 is 24.5 Å². The molecule has 1 aromatic heterocycles. The molecule has 0 radical (unpaired) electrons. The third-order valence-corrected chi connectivity index (χ3v) is 4.36. The lowest BCUT2D eigenvalue weighted by molar-refractivity contribution is -0.0873. The van der Waals surface area contributed by atoms with Crippen molar-refractivity contribution in [1.29, 1.82) is 0 Å². The van der Waals surface area contributed by atoms with Crippen molar-refractivity contribution in [3.05, 3.63) is 29.0 Å². The Bertz CT molecular complexity index is 719. The number of carbonyl (C=O) groups is 2. The van der Waals surface area contributed by atoms with Crippen molar-refractivity contribution in [2.75, 3.05) is 6.61 Å². The van der Waals surface area contributed by atoms with Gasteiger partial charge in [-0.05, 0) is 12.8 Å². The van der Waals surface area contributed by atoms with Crippen LogP contribution in [0.25, 0.3) is 0 Å². The Kier molecular flexibility index (Phi) is 3.33. The Morgan fingerprint density at radius 2 is 2.22 bits per heavy atom. The van der Waals surface area contributed by atoms with Crippen LogP contribution in [0.3, 0.4) is 0 Å². The highest BCUT2D eigenvalue weighted by Gasteiger charge is 2.37. The SMILES string of the molecule is O=C1C(NC2CC2)=CC(=O)c2c1nc1n2C[C@@H]([C@H](O)CO)OC1. The van der Waals surface area contributed by atoms with Crippen LogP contribution in [0.15, 0.2) is 11.8 Å². The molecule has 1 aromatic rings. The fourth-order valence-electron chi connectivity index (χ4n) is 2.93. The molecule has 1 saturated carbocycles. The van der Waals surface area contributed by atoms with Crippen LogP contribution in [0.2, 0.25) is 0 Å². The molecule has 0 spiro atoms. The highest BCUT2D eigenvalue weighted by atomic mass is 16.5. The molecule has 1 fully saturated rings. The van der Waals surface area contributed by atoms with Crippen molar-refractivity contribution in [1.82, 2.24) is 14.9 Å². The number of nitrogens with one attached hydrogen (secondary N) is 1. The number of ether oxygens (including phenoxy) is 1. The lowest BCUT2D eigenvalue weighted by Gasteiger charge is -2.28. The standard InChI is InChI=1S/C15H17N3O5/c19-5-10(21)11-4-18-12(6-23-11)17-13-14(18)9(20)3-8(15(13)22)16-7-1-2-7/h3,7,10-11,16,19,21H,1-2,4-6H2/t10-,11+/m1/s1. The summed E-state index contributed by atoms with van der Waals surface area (Å²) < 4.78 is 7.08. The number of carbonyl (C=O) groups excluding carboxylic acids is 2. The molecule has 3 N–H and O–H groups in total. The molecule has 0 amide bonds. The zero-order valence-electron chi connectivity index (χ0n) is 12.4. The van der Waals surface area contributed by atoms with Crippen LogP contribution in [0.1, 0.15) is 39.6 Å². The van der Waals surface area contributed by atoms with E-state index in [1.807, 2.05) is 0 Å². The van der Waals surface area contributed by atoms with Gasteiger partial charge < -0.3 is 24.8 Å². The summed E-state index contributed by atoms with van der Waals surface area (Å²) in [6, 6.07) is 0.268. The summed E-state index contributed by atoms with van der Waals surface area (Å²) in [7, 11) is 0. The number of rotatable bonds is 4. The molecule has 2 aliphatic carbocycles. The van der Waals surface area contributed by atoms with Crippen LogP contribution in [0.4, 0.5) is 0 Å². The van der Waals surface area contributed by atoms with Crippen LogP contribution in [-0.4, -0.2) is 56.2 Å². The molecule has 0 bridgehead atoms. The van der Waals surface area contributed by atoms with Crippen molar-refractivity contribution >= 4 is 11.6 Å². The Balaban J connectivity index is 1.67. The second-order valence-corrected chi connectivity index (χ2v) is 6.11. The van der Waals surface area contributed by atoms with Gasteiger partial charge in [-0.1, -0.05) is 0 Å². The first-order valence-corrected chi connectivity index (χ1v) is 7.65. The maximum Gasteiger partial charge on any atom is 0.229 e. The summed E-state index contributed by atoms with van der Waals surface area (Å²) in [5.41, 5.74) is 0.677. The van der Waals surface area contributed by atoms with Gasteiger partial charge in [0.25, 0.3) is 0 Å². The second-order valence-electron chi connectivity index (χ2n) is 6.11. The topological polar surface area (TPSA) is 114 Å². The minimum Gasteiger partial charge on any atom is -0.394 e. The minimum atomic E-state index is -1.04. The van der Waals surface area contributed by atoms with Gasteiger partial charge in [-0.25, -0.2) is 4.98 Å². The average molecular weight is 319 g/mol. The molecule has 0 unspecified atom stereocenters. The summed E-state index contributed by atoms with van der Waals surface area (Å²) in [6.45, 7) is -0.169. The number of hydrogen-bond acceptors (Lipinski definition) is 7. The number of hydrogen-bond donors (Lipinski definition) is 3. The van der Waals surface area contributed by atoms with E-state index in [0.29, 0.717) is 11.5 Å². The predicted molar refractivity (Wildman–Crippen MR) is 76.8 cm³/mol. The summed E-state index contributed by atoms with van der Waals surface area (Å²) >= 11 is 0. The van der Waals surface area contributed by atoms with Crippen LogP contribution >= 0.6 is 0 Å². The minimum absolute atomic E-state index is 0.0840. The Morgan fingerprint density at radius 3 is 2.91 bits per heavy atom. The van der Waals surface area contributed by atoms with Crippen LogP contribution in [0, 0.1) is 0 Å². The summed E-state index contributed by atoms with van der Waals surface area (Å²) in [5.74, 6) is -0.0764. The summed E-state index contributed by atoms with van der Waals surface area (Å²) in [6.07, 6.45) is 1.65. The molecule has 8 heteroatoms. The number of imidazole rings is 1. The quantitative estimate of drug-likeness (QED) is 0.662. The van der Waals surface area contributed by atoms with Gasteiger partial charge in [-0.2, -0.15) is 0 Å². The first kappa shape index (κ1) is 14.6. The zero-order valence-corrected chi connectivity index (χ0v) is 12.4. The molecule has 3 aliphatic rings. The van der Waals surface area contributed by atoms with Crippen LogP contribution < -0.4 is 5.32 Å². The van der Waals surface area contributed by atoms with Gasteiger partial charge in [0.2, 0.25) is 11.6 Å². The highest BCUT2D eigenvalue weighted by Crippen LogP contribution is 2.28. The first-order chi connectivity index (χ1) is 11.1. The maximum atomic E-state index is 12.5. The van der Waals surface area contributed by atoms with E-state index in [-0.39, 0.29) is 42.1 Å². The van der Waals surface area contributed by atoms with Gasteiger partial charge in [0.05, 0.1) is 18.8 Å². The smallest absolute Gasteiger partial charge is 0.229 e. The molecule has 8 nitrogen and oxygen atoms in total. The normalized spacial score (nSPS) is 24.8. The van der Waals surface area contributed by atoms with Gasteiger partial charge in [0, 0.05) is 12.1 Å². The lowest BCUT2D eigenvalue weighted by Crippen LogP contribution is -2.40. The lowest BCUT2D eigenvalue weighted by atomic mass is 10.0. The van der Waals surface area contributed by atoms with Gasteiger partial charge in [-0.15, -0.1) is 0 Å². The number of aromatic nitrogens is 2. The number of aliphatic hydroxyl groups excluding tert-OH is 2. The highest BCUT2D eigenvalue weighted by molar-refractivity contribution is 6.23.